The molecule has 2 rings (SSSR count). The van der Waals surface area contributed by atoms with Crippen LogP contribution in [-0.4, -0.2) is 13.1 Å². The fourth-order valence-electron chi connectivity index (χ4n) is 3.31. The average molecular weight is 246 g/mol. The number of hydrogen-bond donors (Lipinski definition) is 2. The van der Waals surface area contributed by atoms with Crippen molar-refractivity contribution in [1.29, 1.82) is 0 Å². The smallest absolute Gasteiger partial charge is 0.0352 e. The van der Waals surface area contributed by atoms with Crippen molar-refractivity contribution in [3.05, 3.63) is 33.9 Å². The van der Waals surface area contributed by atoms with Crippen molar-refractivity contribution < 1.29 is 0 Å². The van der Waals surface area contributed by atoms with Gasteiger partial charge in [0.1, 0.15) is 0 Å². The van der Waals surface area contributed by atoms with Crippen LogP contribution in [0.3, 0.4) is 0 Å². The largest absolute Gasteiger partial charge is 0.328 e. The second kappa shape index (κ2) is 5.02. The summed E-state index contributed by atoms with van der Waals surface area (Å²) in [5, 5.41) is 3.52. The molecule has 1 aliphatic carbocycles. The van der Waals surface area contributed by atoms with Crippen molar-refractivity contribution in [2.75, 3.05) is 7.05 Å². The van der Waals surface area contributed by atoms with Crippen LogP contribution in [0.15, 0.2) is 6.07 Å². The van der Waals surface area contributed by atoms with E-state index in [-0.39, 0.29) is 0 Å². The van der Waals surface area contributed by atoms with Gasteiger partial charge in [0.2, 0.25) is 0 Å². The van der Waals surface area contributed by atoms with Crippen molar-refractivity contribution in [3.8, 4) is 0 Å². The van der Waals surface area contributed by atoms with Gasteiger partial charge in [-0.05, 0) is 81.3 Å². The molecule has 1 atom stereocenters. The molecule has 1 aliphatic rings. The van der Waals surface area contributed by atoms with Crippen molar-refractivity contribution in [3.63, 3.8) is 0 Å². The molecule has 0 aromatic heterocycles. The van der Waals surface area contributed by atoms with Gasteiger partial charge in [-0.1, -0.05) is 6.07 Å². The van der Waals surface area contributed by atoms with Gasteiger partial charge in [-0.2, -0.15) is 0 Å². The van der Waals surface area contributed by atoms with E-state index in [1.807, 2.05) is 0 Å². The summed E-state index contributed by atoms with van der Waals surface area (Å²) in [5.74, 6) is 0.698. The van der Waals surface area contributed by atoms with Gasteiger partial charge in [-0.15, -0.1) is 0 Å². The lowest BCUT2D eigenvalue weighted by molar-refractivity contribution is 0.203. The molecule has 0 radical (unpaired) electrons. The summed E-state index contributed by atoms with van der Waals surface area (Å²) in [6.07, 6.45) is 2.30. The Labute approximate surface area is 111 Å². The molecule has 2 nitrogen and oxygen atoms in total. The highest BCUT2D eigenvalue weighted by molar-refractivity contribution is 5.46. The van der Waals surface area contributed by atoms with Crippen LogP contribution in [0.25, 0.3) is 0 Å². The molecule has 0 amide bonds. The Morgan fingerprint density at radius 3 is 2.00 bits per heavy atom. The zero-order valence-corrected chi connectivity index (χ0v) is 12.3. The Hall–Kier alpha value is -0.860. The molecule has 0 heterocycles. The van der Waals surface area contributed by atoms with Crippen LogP contribution in [0.4, 0.5) is 0 Å². The van der Waals surface area contributed by atoms with E-state index in [1.165, 1.54) is 27.8 Å². The van der Waals surface area contributed by atoms with E-state index in [1.54, 1.807) is 0 Å². The summed E-state index contributed by atoms with van der Waals surface area (Å²) in [6, 6.07) is 3.17. The van der Waals surface area contributed by atoms with Crippen LogP contribution in [0, 0.1) is 33.6 Å². The van der Waals surface area contributed by atoms with Crippen molar-refractivity contribution in [1.82, 2.24) is 5.32 Å². The van der Waals surface area contributed by atoms with E-state index in [2.05, 4.69) is 46.1 Å². The van der Waals surface area contributed by atoms with E-state index >= 15 is 0 Å². The first kappa shape index (κ1) is 13.6. The first-order valence-electron chi connectivity index (χ1n) is 6.95. The monoisotopic (exact) mass is 246 g/mol. The lowest BCUT2D eigenvalue weighted by Crippen LogP contribution is -2.43. The highest BCUT2D eigenvalue weighted by Gasteiger charge is 2.34. The van der Waals surface area contributed by atoms with Crippen molar-refractivity contribution in [2.45, 2.75) is 52.6 Å². The molecule has 0 spiro atoms. The van der Waals surface area contributed by atoms with Crippen LogP contribution in [-0.2, 0) is 0 Å². The first-order chi connectivity index (χ1) is 8.45. The number of hydrogen-bond acceptors (Lipinski definition) is 2. The van der Waals surface area contributed by atoms with Gasteiger partial charge in [-0.3, -0.25) is 0 Å². The van der Waals surface area contributed by atoms with Crippen LogP contribution in [0.5, 0.6) is 0 Å². The molecule has 0 aliphatic heterocycles. The minimum Gasteiger partial charge on any atom is -0.328 e. The Morgan fingerprint density at radius 2 is 1.61 bits per heavy atom. The Balaban J connectivity index is 2.41. The van der Waals surface area contributed by atoms with Crippen LogP contribution < -0.4 is 11.1 Å². The van der Waals surface area contributed by atoms with E-state index in [9.17, 15) is 0 Å². The maximum absolute atomic E-state index is 5.95. The second-order valence-corrected chi connectivity index (χ2v) is 5.93. The van der Waals surface area contributed by atoms with Gasteiger partial charge in [0, 0.05) is 12.1 Å². The van der Waals surface area contributed by atoms with E-state index in [0.29, 0.717) is 18.0 Å². The standard InChI is InChI=1S/C16H26N2/c1-9-6-10(2)12(4)15(11(9)3)16(18-5)13-7-14(17)8-13/h6,13-14,16,18H,7-8,17H2,1-5H3. The predicted molar refractivity (Wildman–Crippen MR) is 77.9 cm³/mol. The number of nitrogens with two attached hydrogens (primary N) is 1. The van der Waals surface area contributed by atoms with Gasteiger partial charge < -0.3 is 11.1 Å². The Bertz CT molecular complexity index is 419. The molecule has 0 bridgehead atoms. The third kappa shape index (κ3) is 2.19. The second-order valence-electron chi connectivity index (χ2n) is 5.93. The maximum Gasteiger partial charge on any atom is 0.0352 e. The third-order valence-electron chi connectivity index (χ3n) is 4.73. The SMILES string of the molecule is CNC(c1c(C)c(C)cc(C)c1C)C1CC(N)C1. The van der Waals surface area contributed by atoms with Crippen molar-refractivity contribution in [2.24, 2.45) is 11.7 Å². The highest BCUT2D eigenvalue weighted by Crippen LogP contribution is 2.40. The molecule has 2 heteroatoms. The molecular weight excluding hydrogens is 220 g/mol. The lowest BCUT2D eigenvalue weighted by Gasteiger charge is -2.40. The zero-order chi connectivity index (χ0) is 13.4. The van der Waals surface area contributed by atoms with Crippen molar-refractivity contribution >= 4 is 0 Å². The zero-order valence-electron chi connectivity index (χ0n) is 12.3. The molecule has 1 aromatic rings. The minimum atomic E-state index is 0.414. The third-order valence-corrected chi connectivity index (χ3v) is 4.73. The molecule has 1 saturated carbocycles. The quantitative estimate of drug-likeness (QED) is 0.860. The molecular formula is C16H26N2. The number of aryl methyl sites for hydroxylation is 2. The summed E-state index contributed by atoms with van der Waals surface area (Å²) in [4.78, 5) is 0. The number of nitrogens with one attached hydrogen (secondary N) is 1. The summed E-state index contributed by atoms with van der Waals surface area (Å²) >= 11 is 0. The first-order valence-corrected chi connectivity index (χ1v) is 6.95. The van der Waals surface area contributed by atoms with Gasteiger partial charge in [0.25, 0.3) is 0 Å². The van der Waals surface area contributed by atoms with Gasteiger partial charge in [0.05, 0.1) is 0 Å². The summed E-state index contributed by atoms with van der Waals surface area (Å²) in [5.41, 5.74) is 13.1. The molecule has 0 saturated heterocycles. The number of rotatable bonds is 3. The maximum atomic E-state index is 5.95. The van der Waals surface area contributed by atoms with E-state index in [4.69, 9.17) is 5.73 Å². The van der Waals surface area contributed by atoms with E-state index in [0.717, 1.165) is 12.8 Å². The average Bonchev–Trinajstić information content (AvgIpc) is 2.29. The molecule has 18 heavy (non-hydrogen) atoms. The summed E-state index contributed by atoms with van der Waals surface area (Å²) < 4.78 is 0. The molecule has 1 unspecified atom stereocenters. The van der Waals surface area contributed by atoms with Crippen LogP contribution >= 0.6 is 0 Å². The minimum absolute atomic E-state index is 0.414. The Morgan fingerprint density at radius 1 is 1.11 bits per heavy atom. The summed E-state index contributed by atoms with van der Waals surface area (Å²) in [7, 11) is 2.07. The lowest BCUT2D eigenvalue weighted by atomic mass is 9.72. The van der Waals surface area contributed by atoms with Crippen LogP contribution in [0.1, 0.15) is 46.7 Å². The summed E-state index contributed by atoms with van der Waals surface area (Å²) in [6.45, 7) is 8.93. The van der Waals surface area contributed by atoms with Gasteiger partial charge in [0.15, 0.2) is 0 Å². The van der Waals surface area contributed by atoms with Gasteiger partial charge >= 0.3 is 0 Å². The topological polar surface area (TPSA) is 38.0 Å². The number of benzene rings is 1. The fourth-order valence-corrected chi connectivity index (χ4v) is 3.31. The van der Waals surface area contributed by atoms with E-state index < -0.39 is 0 Å². The van der Waals surface area contributed by atoms with Crippen LogP contribution in [0.2, 0.25) is 0 Å². The highest BCUT2D eigenvalue weighted by atomic mass is 14.9. The molecule has 1 fully saturated rings. The Kier molecular flexibility index (Phi) is 3.79. The predicted octanol–water partition coefficient (Wildman–Crippen LogP) is 2.92. The molecule has 3 N–H and O–H groups in total. The molecule has 1 aromatic carbocycles. The normalized spacial score (nSPS) is 24.8. The fraction of sp³-hybridized carbons (Fsp3) is 0.625. The molecule has 100 valence electrons. The van der Waals surface area contributed by atoms with Gasteiger partial charge in [-0.25, -0.2) is 0 Å².